The van der Waals surface area contributed by atoms with E-state index in [9.17, 15) is 0 Å². The molecule has 0 spiro atoms. The Morgan fingerprint density at radius 3 is 2.70 bits per heavy atom. The van der Waals surface area contributed by atoms with Gasteiger partial charge in [-0.3, -0.25) is 0 Å². The van der Waals surface area contributed by atoms with Gasteiger partial charge in [-0.05, 0) is 0 Å². The van der Waals surface area contributed by atoms with E-state index in [1.165, 1.54) is 0 Å². The summed E-state index contributed by atoms with van der Waals surface area (Å²) in [6, 6.07) is 0. The maximum atomic E-state index is 8.83. The van der Waals surface area contributed by atoms with Crippen LogP contribution in [-0.4, -0.2) is 48.7 Å². The Bertz CT molecular complexity index is 90.2. The fourth-order valence-electron chi connectivity index (χ4n) is 0.680. The van der Waals surface area contributed by atoms with E-state index in [-0.39, 0.29) is 19.3 Å². The van der Waals surface area contributed by atoms with E-state index >= 15 is 0 Å². The molecule has 60 valence electrons. The number of rotatable bonds is 4. The van der Waals surface area contributed by atoms with Crippen LogP contribution in [0.4, 0.5) is 0 Å². The smallest absolute Gasteiger partial charge is 0.100 e. The highest BCUT2D eigenvalue weighted by Gasteiger charge is 2.17. The van der Waals surface area contributed by atoms with E-state index in [1.54, 1.807) is 0 Å². The van der Waals surface area contributed by atoms with Crippen molar-refractivity contribution >= 4 is 0 Å². The van der Waals surface area contributed by atoms with Crippen LogP contribution in [0.2, 0.25) is 0 Å². The molecule has 3 N–H and O–H groups in total. The van der Waals surface area contributed by atoms with Crippen molar-refractivity contribution in [2.75, 3.05) is 26.3 Å². The Morgan fingerprint density at radius 2 is 2.30 bits per heavy atom. The predicted octanol–water partition coefficient (Wildman–Crippen LogP) is -1.67. The summed E-state index contributed by atoms with van der Waals surface area (Å²) in [5.74, 6) is 0. The molecule has 1 aliphatic rings. The van der Waals surface area contributed by atoms with Gasteiger partial charge in [0.1, 0.15) is 6.10 Å². The molecule has 10 heavy (non-hydrogen) atoms. The lowest BCUT2D eigenvalue weighted by atomic mass is 10.2. The number of ether oxygens (including phenoxy) is 1. The minimum absolute atomic E-state index is 0.222. The van der Waals surface area contributed by atoms with Crippen LogP contribution < -0.4 is 5.32 Å². The fourth-order valence-corrected chi connectivity index (χ4v) is 0.680. The van der Waals surface area contributed by atoms with E-state index < -0.39 is 6.10 Å². The van der Waals surface area contributed by atoms with Crippen LogP contribution in [0.1, 0.15) is 0 Å². The quantitative estimate of drug-likeness (QED) is 0.445. The predicted molar refractivity (Wildman–Crippen MR) is 35.7 cm³/mol. The third-order valence-corrected chi connectivity index (χ3v) is 1.48. The topological polar surface area (TPSA) is 61.7 Å². The second-order valence-electron chi connectivity index (χ2n) is 2.45. The molecule has 0 bridgehead atoms. The van der Waals surface area contributed by atoms with Crippen molar-refractivity contribution in [1.82, 2.24) is 5.32 Å². The minimum Gasteiger partial charge on any atom is -0.394 e. The molecule has 1 saturated heterocycles. The molecule has 0 aromatic carbocycles. The average molecular weight is 147 g/mol. The lowest BCUT2D eigenvalue weighted by molar-refractivity contribution is -0.0448. The van der Waals surface area contributed by atoms with Gasteiger partial charge in [-0.1, -0.05) is 0 Å². The molecule has 0 amide bonds. The molecule has 1 unspecified atom stereocenters. The van der Waals surface area contributed by atoms with Gasteiger partial charge in [0, 0.05) is 13.1 Å². The molecule has 1 fully saturated rings. The molecule has 0 saturated carbocycles. The zero-order chi connectivity index (χ0) is 7.40. The third-order valence-electron chi connectivity index (χ3n) is 1.48. The first kappa shape index (κ1) is 7.94. The summed E-state index contributed by atoms with van der Waals surface area (Å²) >= 11 is 0. The van der Waals surface area contributed by atoms with Crippen LogP contribution in [0.5, 0.6) is 0 Å². The normalized spacial score (nSPS) is 22.2. The zero-order valence-corrected chi connectivity index (χ0v) is 5.79. The summed E-state index contributed by atoms with van der Waals surface area (Å²) in [5.41, 5.74) is 0. The van der Waals surface area contributed by atoms with Crippen molar-refractivity contribution < 1.29 is 14.9 Å². The molecule has 1 rings (SSSR count). The molecule has 0 radical (unpaired) electrons. The van der Waals surface area contributed by atoms with E-state index in [4.69, 9.17) is 14.9 Å². The number of nitrogens with one attached hydrogen (secondary N) is 1. The van der Waals surface area contributed by atoms with Crippen LogP contribution in [0, 0.1) is 0 Å². The minimum atomic E-state index is -0.722. The average Bonchev–Trinajstić information content (AvgIpc) is 1.84. The van der Waals surface area contributed by atoms with Gasteiger partial charge in [0.15, 0.2) is 0 Å². The molecule has 0 aliphatic carbocycles. The molecule has 0 aromatic heterocycles. The first-order chi connectivity index (χ1) is 4.83. The number of hydrogen-bond acceptors (Lipinski definition) is 4. The maximum Gasteiger partial charge on any atom is 0.100 e. The van der Waals surface area contributed by atoms with Gasteiger partial charge in [-0.2, -0.15) is 0 Å². The van der Waals surface area contributed by atoms with Crippen LogP contribution in [0.15, 0.2) is 0 Å². The monoisotopic (exact) mass is 147 g/mol. The first-order valence-electron chi connectivity index (χ1n) is 3.44. The van der Waals surface area contributed by atoms with E-state index in [0.29, 0.717) is 0 Å². The summed E-state index contributed by atoms with van der Waals surface area (Å²) in [6.07, 6.45) is -0.484. The summed E-state index contributed by atoms with van der Waals surface area (Å²) in [6.45, 7) is 1.74. The highest BCUT2D eigenvalue weighted by molar-refractivity contribution is 4.75. The van der Waals surface area contributed by atoms with Crippen LogP contribution in [0.25, 0.3) is 0 Å². The Kier molecular flexibility index (Phi) is 3.08. The van der Waals surface area contributed by atoms with Gasteiger partial charge in [-0.25, -0.2) is 0 Å². The lowest BCUT2D eigenvalue weighted by Gasteiger charge is -2.27. The largest absolute Gasteiger partial charge is 0.394 e. The zero-order valence-electron chi connectivity index (χ0n) is 5.79. The van der Waals surface area contributed by atoms with Gasteiger partial charge in [0.25, 0.3) is 0 Å². The summed E-state index contributed by atoms with van der Waals surface area (Å²) < 4.78 is 5.16. The van der Waals surface area contributed by atoms with E-state index in [1.807, 2.05) is 0 Å². The lowest BCUT2D eigenvalue weighted by Crippen LogP contribution is -2.49. The highest BCUT2D eigenvalue weighted by Crippen LogP contribution is 1.98. The van der Waals surface area contributed by atoms with Crippen molar-refractivity contribution in [1.29, 1.82) is 0 Å². The molecule has 4 nitrogen and oxygen atoms in total. The van der Waals surface area contributed by atoms with Gasteiger partial charge in [0.05, 0.1) is 19.3 Å². The van der Waals surface area contributed by atoms with Crippen molar-refractivity contribution in [2.24, 2.45) is 0 Å². The van der Waals surface area contributed by atoms with Crippen molar-refractivity contribution in [3.63, 3.8) is 0 Å². The Morgan fingerprint density at radius 1 is 1.60 bits per heavy atom. The van der Waals surface area contributed by atoms with Crippen LogP contribution in [0.3, 0.4) is 0 Å². The highest BCUT2D eigenvalue weighted by atomic mass is 16.5. The Hall–Kier alpha value is -0.160. The molecule has 4 heteroatoms. The van der Waals surface area contributed by atoms with Gasteiger partial charge >= 0.3 is 0 Å². The van der Waals surface area contributed by atoms with Crippen molar-refractivity contribution in [3.05, 3.63) is 0 Å². The number of hydrogen-bond donors (Lipinski definition) is 3. The molecule has 1 aliphatic heterocycles. The molecule has 0 aromatic rings. The van der Waals surface area contributed by atoms with Crippen molar-refractivity contribution in [2.45, 2.75) is 12.2 Å². The number of aliphatic hydroxyl groups excluding tert-OH is 2. The van der Waals surface area contributed by atoms with E-state index in [2.05, 4.69) is 5.32 Å². The molecular weight excluding hydrogens is 134 g/mol. The Balaban J connectivity index is 1.93. The summed E-state index contributed by atoms with van der Waals surface area (Å²) in [7, 11) is 0. The Labute approximate surface area is 59.8 Å². The third kappa shape index (κ3) is 2.22. The second kappa shape index (κ2) is 3.88. The fraction of sp³-hybridized carbons (Fsp3) is 1.00. The van der Waals surface area contributed by atoms with Crippen LogP contribution in [-0.2, 0) is 4.74 Å². The van der Waals surface area contributed by atoms with E-state index in [0.717, 1.165) is 13.1 Å². The van der Waals surface area contributed by atoms with Gasteiger partial charge in [-0.15, -0.1) is 0 Å². The van der Waals surface area contributed by atoms with Gasteiger partial charge < -0.3 is 20.3 Å². The maximum absolute atomic E-state index is 8.83. The molecule has 1 heterocycles. The summed E-state index contributed by atoms with van der Waals surface area (Å²) in [4.78, 5) is 0. The number of aliphatic hydroxyl groups is 2. The SMILES string of the molecule is OCC(O)COC1CNC1. The van der Waals surface area contributed by atoms with Crippen LogP contribution >= 0.6 is 0 Å². The molecule has 1 atom stereocenters. The first-order valence-corrected chi connectivity index (χ1v) is 3.44. The second-order valence-corrected chi connectivity index (χ2v) is 2.45. The molecular formula is C6H13NO3. The summed E-state index contributed by atoms with van der Waals surface area (Å²) in [5, 5.41) is 20.3. The standard InChI is InChI=1S/C6H13NO3/c8-3-5(9)4-10-6-1-7-2-6/h5-9H,1-4H2. The van der Waals surface area contributed by atoms with Gasteiger partial charge in [0.2, 0.25) is 0 Å². The van der Waals surface area contributed by atoms with Crippen molar-refractivity contribution in [3.8, 4) is 0 Å².